The number of nitrogens with zero attached hydrogens (tertiary/aromatic N) is 1. The predicted octanol–water partition coefficient (Wildman–Crippen LogP) is 3.90. The molecule has 0 aliphatic carbocycles. The number of rotatable bonds is 5. The molecule has 3 rings (SSSR count). The van der Waals surface area contributed by atoms with Crippen LogP contribution in [0.4, 0.5) is 26.0 Å². The van der Waals surface area contributed by atoms with E-state index < -0.39 is 21.7 Å². The van der Waals surface area contributed by atoms with Crippen LogP contribution in [-0.2, 0) is 10.0 Å². The highest BCUT2D eigenvalue weighted by molar-refractivity contribution is 7.92. The Labute approximate surface area is 143 Å². The lowest BCUT2D eigenvalue weighted by Gasteiger charge is -2.10. The van der Waals surface area contributed by atoms with Gasteiger partial charge in [0.2, 0.25) is 0 Å². The fraction of sp³-hybridized carbons (Fsp3) is 0. The van der Waals surface area contributed by atoms with E-state index in [1.165, 1.54) is 36.5 Å². The molecule has 0 fully saturated rings. The van der Waals surface area contributed by atoms with Crippen molar-refractivity contribution in [1.82, 2.24) is 4.98 Å². The second-order valence-corrected chi connectivity index (χ2v) is 6.78. The zero-order valence-electron chi connectivity index (χ0n) is 12.8. The van der Waals surface area contributed by atoms with Gasteiger partial charge in [0.25, 0.3) is 10.0 Å². The third-order valence-corrected chi connectivity index (χ3v) is 4.67. The SMILES string of the molecule is O=S(=O)(Nc1ccc(Nc2ccccc2F)nc1)c1ccc(F)cc1. The topological polar surface area (TPSA) is 71.1 Å². The molecule has 0 unspecified atom stereocenters. The van der Waals surface area contributed by atoms with Crippen LogP contribution in [0, 0.1) is 11.6 Å². The minimum atomic E-state index is -3.85. The zero-order valence-corrected chi connectivity index (χ0v) is 13.6. The summed E-state index contributed by atoms with van der Waals surface area (Å²) in [4.78, 5) is 3.98. The molecule has 0 aliphatic heterocycles. The van der Waals surface area contributed by atoms with Crippen LogP contribution in [0.25, 0.3) is 0 Å². The van der Waals surface area contributed by atoms with Gasteiger partial charge in [0.15, 0.2) is 0 Å². The Kier molecular flexibility index (Phi) is 4.62. The Morgan fingerprint density at radius 3 is 2.24 bits per heavy atom. The first-order valence-electron chi connectivity index (χ1n) is 7.20. The van der Waals surface area contributed by atoms with Gasteiger partial charge in [0.1, 0.15) is 17.5 Å². The van der Waals surface area contributed by atoms with Crippen molar-refractivity contribution in [2.75, 3.05) is 10.0 Å². The van der Waals surface area contributed by atoms with E-state index in [1.807, 2.05) is 0 Å². The van der Waals surface area contributed by atoms with Crippen LogP contribution in [0.15, 0.2) is 71.8 Å². The molecule has 0 radical (unpaired) electrons. The molecule has 1 aromatic heterocycles. The summed E-state index contributed by atoms with van der Waals surface area (Å²) in [6.45, 7) is 0. The Morgan fingerprint density at radius 2 is 1.60 bits per heavy atom. The molecular weight excluding hydrogens is 348 g/mol. The van der Waals surface area contributed by atoms with Crippen LogP contribution in [0.3, 0.4) is 0 Å². The predicted molar refractivity (Wildman–Crippen MR) is 91.1 cm³/mol. The fourth-order valence-corrected chi connectivity index (χ4v) is 3.10. The quantitative estimate of drug-likeness (QED) is 0.723. The van der Waals surface area contributed by atoms with Gasteiger partial charge in [-0.05, 0) is 48.5 Å². The molecule has 0 saturated heterocycles. The molecule has 25 heavy (non-hydrogen) atoms. The first-order valence-corrected chi connectivity index (χ1v) is 8.68. The van der Waals surface area contributed by atoms with Crippen LogP contribution < -0.4 is 10.0 Å². The maximum absolute atomic E-state index is 13.6. The number of anilines is 3. The van der Waals surface area contributed by atoms with E-state index in [0.29, 0.717) is 5.82 Å². The van der Waals surface area contributed by atoms with E-state index in [9.17, 15) is 17.2 Å². The molecule has 3 aromatic rings. The van der Waals surface area contributed by atoms with E-state index in [2.05, 4.69) is 15.0 Å². The molecular formula is C17H13F2N3O2S. The molecule has 5 nitrogen and oxygen atoms in total. The number of aromatic nitrogens is 1. The van der Waals surface area contributed by atoms with Crippen molar-refractivity contribution < 1.29 is 17.2 Å². The normalized spacial score (nSPS) is 11.1. The van der Waals surface area contributed by atoms with E-state index in [1.54, 1.807) is 18.2 Å². The highest BCUT2D eigenvalue weighted by atomic mass is 32.2. The molecule has 128 valence electrons. The van der Waals surface area contributed by atoms with Gasteiger partial charge in [0, 0.05) is 0 Å². The molecule has 8 heteroatoms. The molecule has 2 aromatic carbocycles. The lowest BCUT2D eigenvalue weighted by Crippen LogP contribution is -2.13. The second-order valence-electron chi connectivity index (χ2n) is 5.10. The lowest BCUT2D eigenvalue weighted by atomic mass is 10.3. The summed E-state index contributed by atoms with van der Waals surface area (Å²) in [5.74, 6) is -0.593. The maximum Gasteiger partial charge on any atom is 0.261 e. The lowest BCUT2D eigenvalue weighted by molar-refractivity contribution is 0.599. The second kappa shape index (κ2) is 6.86. The van der Waals surface area contributed by atoms with Gasteiger partial charge < -0.3 is 5.32 Å². The van der Waals surface area contributed by atoms with Crippen LogP contribution in [0.1, 0.15) is 0 Å². The number of nitrogens with one attached hydrogen (secondary N) is 2. The Hall–Kier alpha value is -3.00. The number of hydrogen-bond donors (Lipinski definition) is 2. The van der Waals surface area contributed by atoms with Crippen molar-refractivity contribution in [1.29, 1.82) is 0 Å². The third-order valence-electron chi connectivity index (χ3n) is 3.28. The summed E-state index contributed by atoms with van der Waals surface area (Å²) in [7, 11) is -3.85. The van der Waals surface area contributed by atoms with Gasteiger partial charge in [-0.25, -0.2) is 22.2 Å². The number of hydrogen-bond acceptors (Lipinski definition) is 4. The summed E-state index contributed by atoms with van der Waals surface area (Å²) >= 11 is 0. The molecule has 0 atom stereocenters. The Balaban J connectivity index is 1.74. The van der Waals surface area contributed by atoms with Crippen LogP contribution >= 0.6 is 0 Å². The summed E-state index contributed by atoms with van der Waals surface area (Å²) in [6, 6.07) is 13.6. The maximum atomic E-state index is 13.6. The standard InChI is InChI=1S/C17H13F2N3O2S/c18-12-5-8-14(9-6-12)25(23,24)22-13-7-10-17(20-11-13)21-16-4-2-1-3-15(16)19/h1-11,22H,(H,20,21). The molecule has 0 bridgehead atoms. The summed E-state index contributed by atoms with van der Waals surface area (Å²) < 4.78 is 53.2. The molecule has 0 spiro atoms. The van der Waals surface area contributed by atoms with E-state index in [-0.39, 0.29) is 16.3 Å². The molecule has 0 amide bonds. The highest BCUT2D eigenvalue weighted by Gasteiger charge is 2.14. The van der Waals surface area contributed by atoms with Gasteiger partial charge >= 0.3 is 0 Å². The van der Waals surface area contributed by atoms with Crippen molar-refractivity contribution in [2.45, 2.75) is 4.90 Å². The number of halogens is 2. The minimum Gasteiger partial charge on any atom is -0.338 e. The van der Waals surface area contributed by atoms with E-state index >= 15 is 0 Å². The molecule has 2 N–H and O–H groups in total. The van der Waals surface area contributed by atoms with E-state index in [4.69, 9.17) is 0 Å². The number of sulfonamides is 1. The van der Waals surface area contributed by atoms with Gasteiger partial charge in [0.05, 0.1) is 22.5 Å². The van der Waals surface area contributed by atoms with Crippen molar-refractivity contribution in [3.05, 3.63) is 78.5 Å². The molecule has 0 aliphatic rings. The van der Waals surface area contributed by atoms with Crippen molar-refractivity contribution in [3.8, 4) is 0 Å². The number of para-hydroxylation sites is 1. The first-order chi connectivity index (χ1) is 11.9. The minimum absolute atomic E-state index is 0.0672. The monoisotopic (exact) mass is 361 g/mol. The Bertz CT molecular complexity index is 976. The van der Waals surface area contributed by atoms with Crippen LogP contribution in [0.2, 0.25) is 0 Å². The third kappa shape index (κ3) is 4.10. The van der Waals surface area contributed by atoms with Crippen LogP contribution in [-0.4, -0.2) is 13.4 Å². The number of benzene rings is 2. The average molecular weight is 361 g/mol. The van der Waals surface area contributed by atoms with Crippen molar-refractivity contribution >= 4 is 27.2 Å². The summed E-state index contributed by atoms with van der Waals surface area (Å²) in [5, 5.41) is 2.80. The van der Waals surface area contributed by atoms with Crippen molar-refractivity contribution in [3.63, 3.8) is 0 Å². The largest absolute Gasteiger partial charge is 0.338 e. The van der Waals surface area contributed by atoms with Crippen molar-refractivity contribution in [2.24, 2.45) is 0 Å². The first kappa shape index (κ1) is 16.8. The van der Waals surface area contributed by atoms with Gasteiger partial charge in [-0.2, -0.15) is 0 Å². The van der Waals surface area contributed by atoms with Gasteiger partial charge in [-0.1, -0.05) is 12.1 Å². The van der Waals surface area contributed by atoms with Crippen LogP contribution in [0.5, 0.6) is 0 Å². The molecule has 0 saturated carbocycles. The van der Waals surface area contributed by atoms with Gasteiger partial charge in [-0.15, -0.1) is 0 Å². The summed E-state index contributed by atoms with van der Waals surface area (Å²) in [6.07, 6.45) is 1.30. The zero-order chi connectivity index (χ0) is 17.9. The number of pyridine rings is 1. The smallest absolute Gasteiger partial charge is 0.261 e. The average Bonchev–Trinajstić information content (AvgIpc) is 2.59. The fourth-order valence-electron chi connectivity index (χ4n) is 2.06. The Morgan fingerprint density at radius 1 is 0.880 bits per heavy atom. The highest BCUT2D eigenvalue weighted by Crippen LogP contribution is 2.20. The molecule has 1 heterocycles. The van der Waals surface area contributed by atoms with E-state index in [0.717, 1.165) is 12.1 Å². The van der Waals surface area contributed by atoms with Gasteiger partial charge in [-0.3, -0.25) is 4.72 Å². The summed E-state index contributed by atoms with van der Waals surface area (Å²) in [5.41, 5.74) is 0.484.